The van der Waals surface area contributed by atoms with Gasteiger partial charge in [-0.15, -0.1) is 11.3 Å². The third-order valence-corrected chi connectivity index (χ3v) is 6.65. The summed E-state index contributed by atoms with van der Waals surface area (Å²) in [5, 5.41) is 12.6. The van der Waals surface area contributed by atoms with E-state index in [-0.39, 0.29) is 28.6 Å². The predicted molar refractivity (Wildman–Crippen MR) is 129 cm³/mol. The molecular formula is C22H20ClN5O2S2. The van der Waals surface area contributed by atoms with E-state index in [2.05, 4.69) is 10.3 Å². The van der Waals surface area contributed by atoms with Gasteiger partial charge < -0.3 is 16.0 Å². The molecule has 10 heteroatoms. The largest absolute Gasteiger partial charge is 0.383 e. The SMILES string of the molecule is CCN(Cc1ccc(Cl)s1)C(=O)CSc1nc(N)c(C(=O)Nc2ccccc2)cc1C#N. The van der Waals surface area contributed by atoms with Crippen LogP contribution < -0.4 is 11.1 Å². The number of nitriles is 1. The predicted octanol–water partition coefficient (Wildman–Crippen LogP) is 4.64. The first kappa shape index (κ1) is 23.6. The number of halogens is 1. The summed E-state index contributed by atoms with van der Waals surface area (Å²) in [7, 11) is 0. The molecule has 0 aliphatic rings. The molecule has 0 atom stereocenters. The molecule has 2 heterocycles. The van der Waals surface area contributed by atoms with Crippen molar-refractivity contribution in [2.45, 2.75) is 18.5 Å². The Hall–Kier alpha value is -3.06. The van der Waals surface area contributed by atoms with Crippen LogP contribution in [0.1, 0.15) is 27.7 Å². The summed E-state index contributed by atoms with van der Waals surface area (Å²) in [6.07, 6.45) is 0. The van der Waals surface area contributed by atoms with Gasteiger partial charge in [0, 0.05) is 17.1 Å². The molecule has 32 heavy (non-hydrogen) atoms. The first-order valence-corrected chi connectivity index (χ1v) is 11.8. The molecule has 0 aliphatic heterocycles. The maximum atomic E-state index is 12.7. The lowest BCUT2D eigenvalue weighted by molar-refractivity contribution is -0.128. The fourth-order valence-electron chi connectivity index (χ4n) is 2.82. The van der Waals surface area contributed by atoms with E-state index in [0.717, 1.165) is 16.6 Å². The fourth-order valence-corrected chi connectivity index (χ4v) is 4.79. The number of thioether (sulfide) groups is 1. The second kappa shape index (κ2) is 11.0. The van der Waals surface area contributed by atoms with Crippen LogP contribution in [-0.4, -0.2) is 34.0 Å². The molecule has 1 aromatic carbocycles. The van der Waals surface area contributed by atoms with Gasteiger partial charge in [-0.1, -0.05) is 41.6 Å². The number of para-hydroxylation sites is 1. The van der Waals surface area contributed by atoms with E-state index in [0.29, 0.717) is 28.1 Å². The number of aromatic nitrogens is 1. The van der Waals surface area contributed by atoms with Gasteiger partial charge in [-0.25, -0.2) is 4.98 Å². The van der Waals surface area contributed by atoms with Gasteiger partial charge in [0.15, 0.2) is 0 Å². The van der Waals surface area contributed by atoms with Crippen molar-refractivity contribution in [2.24, 2.45) is 0 Å². The fraction of sp³-hybridized carbons (Fsp3) is 0.182. The van der Waals surface area contributed by atoms with E-state index >= 15 is 0 Å². The molecule has 0 bridgehead atoms. The Bertz CT molecular complexity index is 1160. The second-order valence-electron chi connectivity index (χ2n) is 6.61. The number of nitrogens with zero attached hydrogens (tertiary/aromatic N) is 3. The lowest BCUT2D eigenvalue weighted by atomic mass is 10.2. The third-order valence-electron chi connectivity index (χ3n) is 4.46. The van der Waals surface area contributed by atoms with Gasteiger partial charge in [0.05, 0.1) is 27.8 Å². The third kappa shape index (κ3) is 6.01. The van der Waals surface area contributed by atoms with Crippen LogP contribution in [0.5, 0.6) is 0 Å². The van der Waals surface area contributed by atoms with Gasteiger partial charge in [-0.3, -0.25) is 9.59 Å². The monoisotopic (exact) mass is 485 g/mol. The summed E-state index contributed by atoms with van der Waals surface area (Å²) in [6, 6.07) is 16.0. The maximum absolute atomic E-state index is 12.7. The number of hydrogen-bond donors (Lipinski definition) is 2. The molecule has 0 fully saturated rings. The maximum Gasteiger partial charge on any atom is 0.259 e. The molecule has 2 amide bonds. The van der Waals surface area contributed by atoms with E-state index in [9.17, 15) is 14.9 Å². The smallest absolute Gasteiger partial charge is 0.259 e. The van der Waals surface area contributed by atoms with Crippen molar-refractivity contribution < 1.29 is 9.59 Å². The number of carbonyl (C=O) groups excluding carboxylic acids is 2. The Morgan fingerprint density at radius 1 is 1.28 bits per heavy atom. The minimum atomic E-state index is -0.461. The zero-order valence-corrected chi connectivity index (χ0v) is 19.6. The molecule has 0 saturated carbocycles. The molecule has 0 radical (unpaired) electrons. The van der Waals surface area contributed by atoms with Crippen LogP contribution in [0.3, 0.4) is 0 Å². The van der Waals surface area contributed by atoms with E-state index in [1.165, 1.54) is 17.4 Å². The lowest BCUT2D eigenvalue weighted by Crippen LogP contribution is -2.31. The van der Waals surface area contributed by atoms with Crippen molar-refractivity contribution in [1.29, 1.82) is 5.26 Å². The molecule has 0 spiro atoms. The molecule has 3 aromatic rings. The van der Waals surface area contributed by atoms with Gasteiger partial charge in [0.25, 0.3) is 5.91 Å². The van der Waals surface area contributed by atoms with Crippen molar-refractivity contribution in [2.75, 3.05) is 23.3 Å². The molecule has 7 nitrogen and oxygen atoms in total. The molecule has 164 valence electrons. The number of hydrogen-bond acceptors (Lipinski definition) is 7. The number of benzene rings is 1. The highest BCUT2D eigenvalue weighted by Gasteiger charge is 2.19. The highest BCUT2D eigenvalue weighted by Crippen LogP contribution is 2.26. The summed E-state index contributed by atoms with van der Waals surface area (Å²) in [6.45, 7) is 2.90. The van der Waals surface area contributed by atoms with Gasteiger partial charge in [-0.05, 0) is 37.3 Å². The highest BCUT2D eigenvalue weighted by molar-refractivity contribution is 8.00. The standard InChI is InChI=1S/C22H20ClN5O2S2/c1-2-28(12-16-8-9-18(23)32-16)19(29)13-31-22-14(11-24)10-17(20(25)27-22)21(30)26-15-6-4-3-5-7-15/h3-10H,2,12-13H2,1H3,(H2,25,27)(H,26,30). The van der Waals surface area contributed by atoms with E-state index < -0.39 is 5.91 Å². The number of thiophene rings is 1. The van der Waals surface area contributed by atoms with Gasteiger partial charge in [0.2, 0.25) is 5.91 Å². The van der Waals surface area contributed by atoms with Crippen LogP contribution in [0.15, 0.2) is 53.6 Å². The van der Waals surface area contributed by atoms with Crippen LogP contribution in [0, 0.1) is 11.3 Å². The summed E-state index contributed by atoms with van der Waals surface area (Å²) in [5.74, 6) is -0.480. The number of rotatable bonds is 8. The van der Waals surface area contributed by atoms with Crippen molar-refractivity contribution in [3.05, 3.63) is 68.9 Å². The minimum Gasteiger partial charge on any atom is -0.383 e. The lowest BCUT2D eigenvalue weighted by Gasteiger charge is -2.20. The first-order valence-electron chi connectivity index (χ1n) is 9.63. The van der Waals surface area contributed by atoms with Crippen LogP contribution >= 0.6 is 34.7 Å². The zero-order valence-electron chi connectivity index (χ0n) is 17.2. The van der Waals surface area contributed by atoms with Crippen LogP contribution in [0.25, 0.3) is 0 Å². The second-order valence-corrected chi connectivity index (χ2v) is 9.37. The molecule has 3 rings (SSSR count). The summed E-state index contributed by atoms with van der Waals surface area (Å²) >= 11 is 8.52. The number of anilines is 2. The Labute approximate surface area is 199 Å². The first-order chi connectivity index (χ1) is 15.4. The molecule has 0 saturated heterocycles. The van der Waals surface area contributed by atoms with Crippen molar-refractivity contribution in [3.8, 4) is 6.07 Å². The molecular weight excluding hydrogens is 466 g/mol. The van der Waals surface area contributed by atoms with Crippen molar-refractivity contribution >= 4 is 58.0 Å². The molecule has 3 N–H and O–H groups in total. The number of nitrogen functional groups attached to an aromatic ring is 1. The zero-order chi connectivity index (χ0) is 23.1. The normalized spacial score (nSPS) is 10.4. The minimum absolute atomic E-state index is 0.00652. The Morgan fingerprint density at radius 2 is 2.03 bits per heavy atom. The number of carbonyl (C=O) groups is 2. The highest BCUT2D eigenvalue weighted by atomic mass is 35.5. The van der Waals surface area contributed by atoms with E-state index in [4.69, 9.17) is 17.3 Å². The Morgan fingerprint density at radius 3 is 2.66 bits per heavy atom. The summed E-state index contributed by atoms with van der Waals surface area (Å²) < 4.78 is 0.674. The quantitative estimate of drug-likeness (QED) is 0.449. The van der Waals surface area contributed by atoms with Crippen molar-refractivity contribution in [3.63, 3.8) is 0 Å². The van der Waals surface area contributed by atoms with E-state index in [1.54, 1.807) is 35.2 Å². The molecule has 0 unspecified atom stereocenters. The topological polar surface area (TPSA) is 112 Å². The Kier molecular flexibility index (Phi) is 8.11. The average molecular weight is 486 g/mol. The van der Waals surface area contributed by atoms with Gasteiger partial charge >= 0.3 is 0 Å². The average Bonchev–Trinajstić information content (AvgIpc) is 3.21. The van der Waals surface area contributed by atoms with Crippen molar-refractivity contribution in [1.82, 2.24) is 9.88 Å². The van der Waals surface area contributed by atoms with Crippen LogP contribution in [0.4, 0.5) is 11.5 Å². The molecule has 0 aliphatic carbocycles. The van der Waals surface area contributed by atoms with Gasteiger partial charge in [0.1, 0.15) is 16.9 Å². The van der Waals surface area contributed by atoms with E-state index in [1.807, 2.05) is 25.1 Å². The molecule has 2 aromatic heterocycles. The number of pyridine rings is 1. The van der Waals surface area contributed by atoms with Crippen LogP contribution in [-0.2, 0) is 11.3 Å². The number of nitrogens with two attached hydrogens (primary N) is 1. The van der Waals surface area contributed by atoms with Crippen LogP contribution in [0.2, 0.25) is 4.34 Å². The number of nitrogens with one attached hydrogen (secondary N) is 1. The summed E-state index contributed by atoms with van der Waals surface area (Å²) in [4.78, 5) is 32.2. The Balaban J connectivity index is 1.69. The number of amides is 2. The van der Waals surface area contributed by atoms with Gasteiger partial charge in [-0.2, -0.15) is 5.26 Å². The summed E-state index contributed by atoms with van der Waals surface area (Å²) in [5.41, 5.74) is 6.88.